The van der Waals surface area contributed by atoms with Crippen LogP contribution in [0.5, 0.6) is 0 Å². The molecular weight excluding hydrogens is 307 g/mol. The van der Waals surface area contributed by atoms with Gasteiger partial charge in [0.05, 0.1) is 23.2 Å². The highest BCUT2D eigenvalue weighted by molar-refractivity contribution is 6.23. The van der Waals surface area contributed by atoms with Crippen LogP contribution in [0.2, 0.25) is 0 Å². The Morgan fingerprint density at radius 1 is 1.17 bits per heavy atom. The largest absolute Gasteiger partial charge is 0.510 e. The van der Waals surface area contributed by atoms with E-state index in [1.165, 1.54) is 12.1 Å². The van der Waals surface area contributed by atoms with E-state index in [4.69, 9.17) is 5.41 Å². The smallest absolute Gasteiger partial charge is 0.145 e. The number of halogens is 1. The van der Waals surface area contributed by atoms with E-state index in [2.05, 4.69) is 9.97 Å². The number of amidine groups is 1. The van der Waals surface area contributed by atoms with Crippen molar-refractivity contribution in [3.8, 4) is 0 Å². The van der Waals surface area contributed by atoms with E-state index in [0.29, 0.717) is 17.9 Å². The molecule has 0 fully saturated rings. The fourth-order valence-electron chi connectivity index (χ4n) is 2.90. The Morgan fingerprint density at radius 3 is 2.67 bits per heavy atom. The molecule has 3 aromatic rings. The van der Waals surface area contributed by atoms with Crippen LogP contribution in [0.1, 0.15) is 11.4 Å². The number of benzene rings is 2. The Bertz CT molecular complexity index is 926. The number of fused-ring (bicyclic) bond motifs is 1. The predicted octanol–water partition coefficient (Wildman–Crippen LogP) is 3.46. The van der Waals surface area contributed by atoms with E-state index in [0.717, 1.165) is 16.6 Å². The van der Waals surface area contributed by atoms with Gasteiger partial charge in [0, 0.05) is 6.54 Å². The van der Waals surface area contributed by atoms with Crippen molar-refractivity contribution in [3.05, 3.63) is 71.5 Å². The number of aromatic amines is 1. The van der Waals surface area contributed by atoms with Gasteiger partial charge >= 0.3 is 0 Å². The van der Waals surface area contributed by atoms with Gasteiger partial charge in [0.2, 0.25) is 0 Å². The lowest BCUT2D eigenvalue weighted by atomic mass is 10.2. The molecule has 0 aliphatic carbocycles. The third-order valence-corrected chi connectivity index (χ3v) is 4.10. The molecule has 1 aliphatic heterocycles. The van der Waals surface area contributed by atoms with Crippen LogP contribution in [-0.4, -0.2) is 32.4 Å². The fourth-order valence-corrected chi connectivity index (χ4v) is 2.90. The number of aliphatic hydroxyl groups is 1. The third-order valence-electron chi connectivity index (χ3n) is 4.10. The normalized spacial score (nSPS) is 14.9. The summed E-state index contributed by atoms with van der Waals surface area (Å²) in [6.45, 7) is 0.662. The summed E-state index contributed by atoms with van der Waals surface area (Å²) in [5.74, 6) is 0.511. The van der Waals surface area contributed by atoms with Crippen LogP contribution in [0.15, 0.2) is 54.3 Å². The molecule has 5 nitrogen and oxygen atoms in total. The number of H-pyrrole nitrogens is 1. The molecule has 0 bridgehead atoms. The average Bonchev–Trinajstić information content (AvgIpc) is 3.10. The zero-order valence-corrected chi connectivity index (χ0v) is 12.8. The zero-order chi connectivity index (χ0) is 16.7. The van der Waals surface area contributed by atoms with Gasteiger partial charge in [0.1, 0.15) is 23.2 Å². The zero-order valence-electron chi connectivity index (χ0n) is 12.8. The van der Waals surface area contributed by atoms with E-state index < -0.39 is 0 Å². The monoisotopic (exact) mass is 322 g/mol. The van der Waals surface area contributed by atoms with Crippen molar-refractivity contribution in [2.45, 2.75) is 6.54 Å². The molecule has 0 saturated heterocycles. The van der Waals surface area contributed by atoms with E-state index >= 15 is 0 Å². The highest BCUT2D eigenvalue weighted by Crippen LogP contribution is 2.28. The molecule has 1 aliphatic rings. The van der Waals surface area contributed by atoms with Gasteiger partial charge in [-0.2, -0.15) is 0 Å². The lowest BCUT2D eigenvalue weighted by Crippen LogP contribution is -2.26. The molecule has 6 heteroatoms. The van der Waals surface area contributed by atoms with Crippen LogP contribution in [0.25, 0.3) is 16.6 Å². The van der Waals surface area contributed by atoms with Crippen molar-refractivity contribution in [3.63, 3.8) is 0 Å². The van der Waals surface area contributed by atoms with E-state index in [9.17, 15) is 9.50 Å². The first-order chi connectivity index (χ1) is 11.6. The summed E-state index contributed by atoms with van der Waals surface area (Å²) in [5.41, 5.74) is 2.93. The molecule has 0 unspecified atom stereocenters. The van der Waals surface area contributed by atoms with E-state index in [1.807, 2.05) is 24.3 Å². The predicted molar refractivity (Wildman–Crippen MR) is 90.2 cm³/mol. The summed E-state index contributed by atoms with van der Waals surface area (Å²) in [4.78, 5) is 9.33. The van der Waals surface area contributed by atoms with Crippen LogP contribution in [0, 0.1) is 11.2 Å². The molecular formula is C18H15FN4O. The van der Waals surface area contributed by atoms with Gasteiger partial charge in [0.25, 0.3) is 0 Å². The number of aromatic nitrogens is 2. The number of hydrogen-bond donors (Lipinski definition) is 3. The van der Waals surface area contributed by atoms with Crippen molar-refractivity contribution in [2.75, 3.05) is 6.54 Å². The fraction of sp³-hybridized carbons (Fsp3) is 0.111. The first kappa shape index (κ1) is 14.4. The van der Waals surface area contributed by atoms with E-state index in [1.54, 1.807) is 17.0 Å². The lowest BCUT2D eigenvalue weighted by Gasteiger charge is -2.18. The van der Waals surface area contributed by atoms with Gasteiger partial charge in [-0.1, -0.05) is 24.3 Å². The second kappa shape index (κ2) is 5.49. The summed E-state index contributed by atoms with van der Waals surface area (Å²) >= 11 is 0. The Labute approximate surface area is 137 Å². The summed E-state index contributed by atoms with van der Waals surface area (Å²) in [5, 5.41) is 18.7. The number of imidazole rings is 1. The highest BCUT2D eigenvalue weighted by atomic mass is 19.1. The highest BCUT2D eigenvalue weighted by Gasteiger charge is 2.30. The van der Waals surface area contributed by atoms with Crippen molar-refractivity contribution < 1.29 is 9.50 Å². The maximum atomic E-state index is 13.0. The topological polar surface area (TPSA) is 76.0 Å². The number of para-hydroxylation sites is 2. The number of rotatable bonds is 3. The van der Waals surface area contributed by atoms with Crippen molar-refractivity contribution >= 4 is 22.4 Å². The SMILES string of the molecule is N=C1C(c2nc3ccccc3[nH]2)=C(O)CN1Cc1ccc(F)cc1. The maximum Gasteiger partial charge on any atom is 0.145 e. The van der Waals surface area contributed by atoms with E-state index in [-0.39, 0.29) is 24.0 Å². The number of nitrogens with one attached hydrogen (secondary N) is 2. The minimum absolute atomic E-state index is 0.112. The van der Waals surface area contributed by atoms with Gasteiger partial charge in [-0.15, -0.1) is 0 Å². The summed E-state index contributed by atoms with van der Waals surface area (Å²) in [7, 11) is 0. The van der Waals surface area contributed by atoms with Crippen LogP contribution in [-0.2, 0) is 6.54 Å². The number of nitrogens with zero attached hydrogens (tertiary/aromatic N) is 2. The Hall–Kier alpha value is -3.15. The molecule has 0 saturated carbocycles. The average molecular weight is 322 g/mol. The Morgan fingerprint density at radius 2 is 1.92 bits per heavy atom. The van der Waals surface area contributed by atoms with Crippen LogP contribution in [0.3, 0.4) is 0 Å². The molecule has 0 spiro atoms. The van der Waals surface area contributed by atoms with Gasteiger partial charge in [0.15, 0.2) is 0 Å². The Balaban J connectivity index is 1.61. The number of hydrogen-bond acceptors (Lipinski definition) is 3. The molecule has 1 aromatic heterocycles. The molecule has 24 heavy (non-hydrogen) atoms. The van der Waals surface area contributed by atoms with Crippen LogP contribution in [0.4, 0.5) is 4.39 Å². The first-order valence-corrected chi connectivity index (χ1v) is 7.57. The molecule has 0 atom stereocenters. The maximum absolute atomic E-state index is 13.0. The van der Waals surface area contributed by atoms with Gasteiger partial charge in [-0.3, -0.25) is 5.41 Å². The molecule has 3 N–H and O–H groups in total. The number of aliphatic hydroxyl groups excluding tert-OH is 1. The first-order valence-electron chi connectivity index (χ1n) is 7.57. The Kier molecular flexibility index (Phi) is 3.30. The summed E-state index contributed by atoms with van der Waals surface area (Å²) in [6, 6.07) is 13.7. The molecule has 0 amide bonds. The van der Waals surface area contributed by atoms with Gasteiger partial charge in [-0.25, -0.2) is 9.37 Å². The quantitative estimate of drug-likeness (QED) is 0.691. The minimum atomic E-state index is -0.292. The van der Waals surface area contributed by atoms with Crippen molar-refractivity contribution in [1.29, 1.82) is 5.41 Å². The second-order valence-corrected chi connectivity index (χ2v) is 5.76. The molecule has 2 aromatic carbocycles. The van der Waals surface area contributed by atoms with Crippen molar-refractivity contribution in [1.82, 2.24) is 14.9 Å². The summed E-state index contributed by atoms with van der Waals surface area (Å²) < 4.78 is 13.0. The van der Waals surface area contributed by atoms with Crippen LogP contribution < -0.4 is 0 Å². The molecule has 120 valence electrons. The van der Waals surface area contributed by atoms with Gasteiger partial charge < -0.3 is 15.0 Å². The minimum Gasteiger partial charge on any atom is -0.510 e. The summed E-state index contributed by atoms with van der Waals surface area (Å²) in [6.07, 6.45) is 0. The lowest BCUT2D eigenvalue weighted by molar-refractivity contribution is 0.347. The molecule has 4 rings (SSSR count). The van der Waals surface area contributed by atoms with Crippen LogP contribution >= 0.6 is 0 Å². The second-order valence-electron chi connectivity index (χ2n) is 5.76. The molecule has 2 heterocycles. The standard InChI is InChI=1S/C18H15FN4O/c19-12-7-5-11(6-8-12)9-23-10-15(24)16(17(23)20)18-21-13-3-1-2-4-14(13)22-18/h1-8,20,24H,9-10H2,(H,21,22). The van der Waals surface area contributed by atoms with Crippen molar-refractivity contribution in [2.24, 2.45) is 0 Å². The van der Waals surface area contributed by atoms with Gasteiger partial charge in [-0.05, 0) is 29.8 Å². The molecule has 0 radical (unpaired) electrons. The third kappa shape index (κ3) is 2.42.